The molecule has 0 aromatic rings. The SMILES string of the molecule is CC(=O)NC(CS)C(=O)NC(C)C(=O)NC(C/C(N)=C/N)C(=O)O. The van der Waals surface area contributed by atoms with Gasteiger partial charge in [0.15, 0.2) is 0 Å². The number of nitrogens with two attached hydrogens (primary N) is 2. The quantitative estimate of drug-likeness (QED) is 0.225. The minimum absolute atomic E-state index is 0.0370. The standard InChI is InChI=1S/C13H23N5O5S/c1-6(16-12(21)10(5-24)17-7(2)19)11(20)18-9(13(22)23)3-8(15)4-14/h4,6,9-10,24H,3,5,14-15H2,1-2H3,(H,16,21)(H,17,19)(H,18,20)(H,22,23)/b8-4-. The van der Waals surface area contributed by atoms with Gasteiger partial charge >= 0.3 is 5.97 Å². The van der Waals surface area contributed by atoms with Gasteiger partial charge in [-0.05, 0) is 6.92 Å². The Bertz CT molecular complexity index is 525. The number of hydrogen-bond acceptors (Lipinski definition) is 7. The second kappa shape index (κ2) is 10.4. The fourth-order valence-corrected chi connectivity index (χ4v) is 1.88. The van der Waals surface area contributed by atoms with Crippen LogP contribution in [0.15, 0.2) is 11.9 Å². The molecule has 136 valence electrons. The van der Waals surface area contributed by atoms with Crippen molar-refractivity contribution in [3.8, 4) is 0 Å². The highest BCUT2D eigenvalue weighted by molar-refractivity contribution is 7.80. The molecule has 0 bridgehead atoms. The fourth-order valence-electron chi connectivity index (χ4n) is 1.62. The van der Waals surface area contributed by atoms with Crippen LogP contribution in [0, 0.1) is 0 Å². The number of thiol groups is 1. The summed E-state index contributed by atoms with van der Waals surface area (Å²) >= 11 is 3.95. The Balaban J connectivity index is 4.76. The van der Waals surface area contributed by atoms with Crippen molar-refractivity contribution in [3.63, 3.8) is 0 Å². The summed E-state index contributed by atoms with van der Waals surface area (Å²) in [4.78, 5) is 46.1. The molecular formula is C13H23N5O5S. The van der Waals surface area contributed by atoms with Crippen LogP contribution in [0.3, 0.4) is 0 Å². The Morgan fingerprint density at radius 1 is 1.12 bits per heavy atom. The zero-order valence-electron chi connectivity index (χ0n) is 13.4. The van der Waals surface area contributed by atoms with Crippen LogP contribution in [0.4, 0.5) is 0 Å². The lowest BCUT2D eigenvalue weighted by molar-refractivity contribution is -0.142. The molecule has 8 N–H and O–H groups in total. The third kappa shape index (κ3) is 7.72. The van der Waals surface area contributed by atoms with E-state index in [4.69, 9.17) is 16.6 Å². The first-order valence-electron chi connectivity index (χ1n) is 7.00. The lowest BCUT2D eigenvalue weighted by atomic mass is 10.1. The highest BCUT2D eigenvalue weighted by atomic mass is 32.1. The summed E-state index contributed by atoms with van der Waals surface area (Å²) in [5.41, 5.74) is 10.7. The molecular weight excluding hydrogens is 338 g/mol. The van der Waals surface area contributed by atoms with E-state index in [0.717, 1.165) is 6.20 Å². The van der Waals surface area contributed by atoms with Crippen molar-refractivity contribution in [3.05, 3.63) is 11.9 Å². The normalized spacial score (nSPS) is 14.9. The minimum atomic E-state index is -1.29. The number of carboxylic acids is 1. The van der Waals surface area contributed by atoms with Crippen molar-refractivity contribution in [1.29, 1.82) is 0 Å². The second-order valence-corrected chi connectivity index (χ2v) is 5.38. The predicted octanol–water partition coefficient (Wildman–Crippen LogP) is -2.36. The largest absolute Gasteiger partial charge is 0.480 e. The van der Waals surface area contributed by atoms with Crippen molar-refractivity contribution in [1.82, 2.24) is 16.0 Å². The Morgan fingerprint density at radius 3 is 2.12 bits per heavy atom. The molecule has 0 saturated heterocycles. The van der Waals surface area contributed by atoms with Crippen molar-refractivity contribution in [2.24, 2.45) is 11.5 Å². The average Bonchev–Trinajstić information content (AvgIpc) is 2.50. The number of hydrogen-bond donors (Lipinski definition) is 7. The topological polar surface area (TPSA) is 177 Å². The van der Waals surface area contributed by atoms with E-state index in [0.29, 0.717) is 0 Å². The van der Waals surface area contributed by atoms with Crippen molar-refractivity contribution >= 4 is 36.3 Å². The lowest BCUT2D eigenvalue weighted by Gasteiger charge is -2.21. The molecule has 3 amide bonds. The molecule has 0 spiro atoms. The molecule has 0 aromatic heterocycles. The van der Waals surface area contributed by atoms with Crippen LogP contribution in [0.5, 0.6) is 0 Å². The van der Waals surface area contributed by atoms with Gasteiger partial charge in [0, 0.05) is 31.0 Å². The molecule has 3 atom stereocenters. The van der Waals surface area contributed by atoms with E-state index in [1.165, 1.54) is 13.8 Å². The summed E-state index contributed by atoms with van der Waals surface area (Å²) < 4.78 is 0. The number of amides is 3. The van der Waals surface area contributed by atoms with Gasteiger partial charge in [-0.15, -0.1) is 0 Å². The summed E-state index contributed by atoms with van der Waals surface area (Å²) in [6.45, 7) is 2.62. The van der Waals surface area contributed by atoms with Crippen molar-refractivity contribution < 1.29 is 24.3 Å². The maximum absolute atomic E-state index is 12.0. The van der Waals surface area contributed by atoms with E-state index < -0.39 is 41.8 Å². The van der Waals surface area contributed by atoms with Gasteiger partial charge in [-0.1, -0.05) is 0 Å². The number of carbonyl (C=O) groups is 4. The van der Waals surface area contributed by atoms with Crippen LogP contribution >= 0.6 is 12.6 Å². The van der Waals surface area contributed by atoms with Gasteiger partial charge < -0.3 is 32.5 Å². The maximum Gasteiger partial charge on any atom is 0.326 e. The van der Waals surface area contributed by atoms with Crippen LogP contribution in [-0.4, -0.2) is 52.7 Å². The number of nitrogens with one attached hydrogen (secondary N) is 3. The molecule has 0 heterocycles. The van der Waals surface area contributed by atoms with Crippen molar-refractivity contribution in [2.45, 2.75) is 38.4 Å². The highest BCUT2D eigenvalue weighted by Gasteiger charge is 2.26. The summed E-state index contributed by atoms with van der Waals surface area (Å²) in [6, 6.07) is -3.22. The van der Waals surface area contributed by atoms with Crippen LogP contribution in [0.2, 0.25) is 0 Å². The van der Waals surface area contributed by atoms with Crippen LogP contribution < -0.4 is 27.4 Å². The fraction of sp³-hybridized carbons (Fsp3) is 0.538. The molecule has 3 unspecified atom stereocenters. The van der Waals surface area contributed by atoms with Gasteiger partial charge in [0.25, 0.3) is 0 Å². The highest BCUT2D eigenvalue weighted by Crippen LogP contribution is 2.00. The molecule has 0 rings (SSSR count). The van der Waals surface area contributed by atoms with Gasteiger partial charge in [-0.25, -0.2) is 4.79 Å². The van der Waals surface area contributed by atoms with Crippen molar-refractivity contribution in [2.75, 3.05) is 5.75 Å². The van der Waals surface area contributed by atoms with E-state index in [2.05, 4.69) is 28.6 Å². The Hall–Kier alpha value is -2.43. The third-order valence-corrected chi connectivity index (χ3v) is 3.26. The molecule has 24 heavy (non-hydrogen) atoms. The van der Waals surface area contributed by atoms with Gasteiger partial charge in [0.05, 0.1) is 0 Å². The lowest BCUT2D eigenvalue weighted by Crippen LogP contribution is -2.55. The van der Waals surface area contributed by atoms with Gasteiger partial charge in [-0.2, -0.15) is 12.6 Å². The molecule has 0 aliphatic carbocycles. The number of carbonyl (C=O) groups excluding carboxylic acids is 3. The Labute approximate surface area is 144 Å². The molecule has 0 aliphatic rings. The maximum atomic E-state index is 12.0. The molecule has 0 saturated carbocycles. The van der Waals surface area contributed by atoms with Gasteiger partial charge in [-0.3, -0.25) is 14.4 Å². The predicted molar refractivity (Wildman–Crippen MR) is 89.7 cm³/mol. The first-order chi connectivity index (χ1) is 11.1. The van der Waals surface area contributed by atoms with Crippen LogP contribution in [0.1, 0.15) is 20.3 Å². The second-order valence-electron chi connectivity index (χ2n) is 5.01. The minimum Gasteiger partial charge on any atom is -0.480 e. The summed E-state index contributed by atoms with van der Waals surface area (Å²) in [7, 11) is 0. The van der Waals surface area contributed by atoms with Crippen LogP contribution in [-0.2, 0) is 19.2 Å². The zero-order valence-corrected chi connectivity index (χ0v) is 14.3. The van der Waals surface area contributed by atoms with Gasteiger partial charge in [0.1, 0.15) is 18.1 Å². The molecule has 11 heteroatoms. The van der Waals surface area contributed by atoms with E-state index in [1.54, 1.807) is 0 Å². The summed E-state index contributed by atoms with van der Waals surface area (Å²) in [5.74, 6) is -3.01. The Morgan fingerprint density at radius 2 is 1.71 bits per heavy atom. The Kier molecular flexibility index (Phi) is 9.31. The molecule has 0 fully saturated rings. The van der Waals surface area contributed by atoms with E-state index >= 15 is 0 Å². The van der Waals surface area contributed by atoms with E-state index in [9.17, 15) is 19.2 Å². The summed E-state index contributed by atoms with van der Waals surface area (Å²) in [6.07, 6.45) is 0.863. The monoisotopic (exact) mass is 361 g/mol. The molecule has 10 nitrogen and oxygen atoms in total. The molecule has 0 aromatic carbocycles. The number of carboxylic acid groups (broad SMARTS) is 1. The first-order valence-corrected chi connectivity index (χ1v) is 7.63. The third-order valence-electron chi connectivity index (χ3n) is 2.90. The van der Waals surface area contributed by atoms with E-state index in [1.807, 2.05) is 0 Å². The number of rotatable bonds is 9. The average molecular weight is 361 g/mol. The smallest absolute Gasteiger partial charge is 0.326 e. The molecule has 0 aliphatic heterocycles. The van der Waals surface area contributed by atoms with Gasteiger partial charge in [0.2, 0.25) is 17.7 Å². The number of aliphatic carboxylic acids is 1. The zero-order chi connectivity index (χ0) is 18.9. The van der Waals surface area contributed by atoms with E-state index in [-0.39, 0.29) is 17.9 Å². The van der Waals surface area contributed by atoms with Crippen LogP contribution in [0.25, 0.3) is 0 Å². The molecule has 0 radical (unpaired) electrons. The first kappa shape index (κ1) is 21.6. The summed E-state index contributed by atoms with van der Waals surface area (Å²) in [5, 5.41) is 16.1.